The van der Waals surface area contributed by atoms with E-state index in [-0.39, 0.29) is 5.82 Å². The summed E-state index contributed by atoms with van der Waals surface area (Å²) < 4.78 is 13.2. The highest BCUT2D eigenvalue weighted by Gasteiger charge is 2.19. The number of halogens is 1. The SMILES string of the molecule is CSC1CCCCN(c2ccc(F)cc2C#N)C1. The average Bonchev–Trinajstić information content (AvgIpc) is 2.63. The maximum atomic E-state index is 13.2. The monoisotopic (exact) mass is 264 g/mol. The van der Waals surface area contributed by atoms with Crippen LogP contribution in [0.4, 0.5) is 10.1 Å². The fourth-order valence-corrected chi connectivity index (χ4v) is 3.12. The Kier molecular flexibility index (Phi) is 4.48. The second-order valence-electron chi connectivity index (χ2n) is 4.57. The van der Waals surface area contributed by atoms with Gasteiger partial charge in [-0.05, 0) is 37.3 Å². The molecule has 1 unspecified atom stereocenters. The fourth-order valence-electron chi connectivity index (χ4n) is 2.39. The number of hydrogen-bond donors (Lipinski definition) is 0. The van der Waals surface area contributed by atoms with Crippen LogP contribution in [-0.4, -0.2) is 24.6 Å². The molecule has 0 saturated carbocycles. The van der Waals surface area contributed by atoms with E-state index in [0.717, 1.165) is 25.2 Å². The molecular weight excluding hydrogens is 247 g/mol. The highest BCUT2D eigenvalue weighted by Crippen LogP contribution is 2.27. The van der Waals surface area contributed by atoms with Crippen LogP contribution in [0.2, 0.25) is 0 Å². The van der Waals surface area contributed by atoms with Crippen LogP contribution in [0.3, 0.4) is 0 Å². The predicted octanol–water partition coefficient (Wildman–Crippen LogP) is 3.42. The van der Waals surface area contributed by atoms with E-state index in [2.05, 4.69) is 17.2 Å². The molecule has 0 amide bonds. The summed E-state index contributed by atoms with van der Waals surface area (Å²) in [7, 11) is 0. The van der Waals surface area contributed by atoms with Crippen LogP contribution < -0.4 is 4.90 Å². The third kappa shape index (κ3) is 2.97. The van der Waals surface area contributed by atoms with E-state index in [0.29, 0.717) is 10.8 Å². The molecule has 18 heavy (non-hydrogen) atoms. The molecule has 0 bridgehead atoms. The summed E-state index contributed by atoms with van der Waals surface area (Å²) in [4.78, 5) is 2.23. The molecule has 2 rings (SSSR count). The van der Waals surface area contributed by atoms with Gasteiger partial charge in [-0.25, -0.2) is 4.39 Å². The van der Waals surface area contributed by atoms with Gasteiger partial charge in [0.15, 0.2) is 0 Å². The van der Waals surface area contributed by atoms with Crippen LogP contribution in [-0.2, 0) is 0 Å². The van der Waals surface area contributed by atoms with Crippen LogP contribution in [0.15, 0.2) is 18.2 Å². The van der Waals surface area contributed by atoms with Crippen molar-refractivity contribution < 1.29 is 4.39 Å². The standard InChI is InChI=1S/C14H17FN2S/c1-18-13-4-2-3-7-17(10-13)14-6-5-12(15)8-11(14)9-16/h5-6,8,13H,2-4,7,10H2,1H3. The lowest BCUT2D eigenvalue weighted by atomic mass is 10.1. The first-order chi connectivity index (χ1) is 8.74. The Morgan fingerprint density at radius 2 is 2.28 bits per heavy atom. The van der Waals surface area contributed by atoms with Crippen molar-refractivity contribution in [2.75, 3.05) is 24.2 Å². The second-order valence-corrected chi connectivity index (χ2v) is 5.71. The minimum absolute atomic E-state index is 0.341. The Balaban J connectivity index is 2.26. The van der Waals surface area contributed by atoms with Crippen molar-refractivity contribution in [2.45, 2.75) is 24.5 Å². The summed E-state index contributed by atoms with van der Waals surface area (Å²) in [5.41, 5.74) is 1.32. The molecule has 1 aliphatic heterocycles. The van der Waals surface area contributed by atoms with Gasteiger partial charge in [0.25, 0.3) is 0 Å². The molecule has 2 nitrogen and oxygen atoms in total. The summed E-state index contributed by atoms with van der Waals surface area (Å²) >= 11 is 1.88. The van der Waals surface area contributed by atoms with Crippen LogP contribution >= 0.6 is 11.8 Å². The molecular formula is C14H17FN2S. The first-order valence-corrected chi connectivity index (χ1v) is 7.51. The summed E-state index contributed by atoms with van der Waals surface area (Å²) in [5.74, 6) is -0.341. The first-order valence-electron chi connectivity index (χ1n) is 6.22. The third-order valence-corrected chi connectivity index (χ3v) is 4.43. The Labute approximate surface area is 112 Å². The van der Waals surface area contributed by atoms with E-state index in [4.69, 9.17) is 5.26 Å². The van der Waals surface area contributed by atoms with Gasteiger partial charge >= 0.3 is 0 Å². The first kappa shape index (κ1) is 13.2. The lowest BCUT2D eigenvalue weighted by Crippen LogP contribution is -2.30. The zero-order valence-corrected chi connectivity index (χ0v) is 11.3. The van der Waals surface area contributed by atoms with Gasteiger partial charge in [-0.3, -0.25) is 0 Å². The van der Waals surface area contributed by atoms with Crippen molar-refractivity contribution in [3.05, 3.63) is 29.6 Å². The smallest absolute Gasteiger partial charge is 0.124 e. The summed E-state index contributed by atoms with van der Waals surface area (Å²) in [6.45, 7) is 1.90. The van der Waals surface area contributed by atoms with Crippen LogP contribution in [0.25, 0.3) is 0 Å². The molecule has 1 fully saturated rings. The van der Waals surface area contributed by atoms with Crippen LogP contribution in [0.5, 0.6) is 0 Å². The van der Waals surface area contributed by atoms with Gasteiger partial charge < -0.3 is 4.90 Å². The van der Waals surface area contributed by atoms with Gasteiger partial charge in [0, 0.05) is 18.3 Å². The third-order valence-electron chi connectivity index (χ3n) is 3.38. The highest BCUT2D eigenvalue weighted by molar-refractivity contribution is 7.99. The fraction of sp³-hybridized carbons (Fsp3) is 0.500. The van der Waals surface area contributed by atoms with Crippen molar-refractivity contribution in [2.24, 2.45) is 0 Å². The van der Waals surface area contributed by atoms with Gasteiger partial charge in [0.2, 0.25) is 0 Å². The molecule has 1 saturated heterocycles. The van der Waals surface area contributed by atoms with Gasteiger partial charge in [0.1, 0.15) is 11.9 Å². The minimum atomic E-state index is -0.341. The Morgan fingerprint density at radius 3 is 3.00 bits per heavy atom. The van der Waals surface area contributed by atoms with Crippen molar-refractivity contribution in [1.82, 2.24) is 0 Å². The van der Waals surface area contributed by atoms with Crippen LogP contribution in [0, 0.1) is 17.1 Å². The molecule has 0 aromatic heterocycles. The molecule has 0 radical (unpaired) electrons. The largest absolute Gasteiger partial charge is 0.369 e. The predicted molar refractivity (Wildman–Crippen MR) is 74.5 cm³/mol. The molecule has 1 aromatic rings. The number of rotatable bonds is 2. The molecule has 0 aliphatic carbocycles. The molecule has 0 spiro atoms. The van der Waals surface area contributed by atoms with Gasteiger partial charge in [-0.1, -0.05) is 6.42 Å². The average molecular weight is 264 g/mol. The molecule has 1 aliphatic rings. The Bertz CT molecular complexity index is 456. The van der Waals surface area contributed by atoms with Crippen molar-refractivity contribution in [3.63, 3.8) is 0 Å². The number of nitrogens with zero attached hydrogens (tertiary/aromatic N) is 2. The maximum Gasteiger partial charge on any atom is 0.124 e. The molecule has 0 N–H and O–H groups in total. The van der Waals surface area contributed by atoms with Gasteiger partial charge in [0.05, 0.1) is 11.3 Å². The van der Waals surface area contributed by atoms with E-state index in [9.17, 15) is 4.39 Å². The molecule has 1 aromatic carbocycles. The number of hydrogen-bond acceptors (Lipinski definition) is 3. The van der Waals surface area contributed by atoms with Crippen LogP contribution in [0.1, 0.15) is 24.8 Å². The van der Waals surface area contributed by atoms with E-state index in [1.807, 2.05) is 11.8 Å². The van der Waals surface area contributed by atoms with E-state index >= 15 is 0 Å². The van der Waals surface area contributed by atoms with E-state index in [1.54, 1.807) is 6.07 Å². The number of anilines is 1. The number of nitriles is 1. The number of benzene rings is 1. The lowest BCUT2D eigenvalue weighted by Gasteiger charge is -2.26. The normalized spacial score (nSPS) is 20.3. The van der Waals surface area contributed by atoms with Crippen molar-refractivity contribution in [1.29, 1.82) is 5.26 Å². The van der Waals surface area contributed by atoms with Gasteiger partial charge in [-0.2, -0.15) is 17.0 Å². The summed E-state index contributed by atoms with van der Waals surface area (Å²) in [6.07, 6.45) is 5.72. The van der Waals surface area contributed by atoms with Crippen molar-refractivity contribution >= 4 is 17.4 Å². The molecule has 96 valence electrons. The highest BCUT2D eigenvalue weighted by atomic mass is 32.2. The minimum Gasteiger partial charge on any atom is -0.369 e. The zero-order valence-electron chi connectivity index (χ0n) is 10.5. The Morgan fingerprint density at radius 1 is 1.44 bits per heavy atom. The number of thioether (sulfide) groups is 1. The molecule has 1 heterocycles. The van der Waals surface area contributed by atoms with Crippen molar-refractivity contribution in [3.8, 4) is 6.07 Å². The summed E-state index contributed by atoms with van der Waals surface area (Å²) in [5, 5.41) is 9.72. The summed E-state index contributed by atoms with van der Waals surface area (Å²) in [6, 6.07) is 6.60. The van der Waals surface area contributed by atoms with E-state index < -0.39 is 0 Å². The quantitative estimate of drug-likeness (QED) is 0.819. The molecule has 1 atom stereocenters. The molecule has 4 heteroatoms. The lowest BCUT2D eigenvalue weighted by molar-refractivity contribution is 0.627. The topological polar surface area (TPSA) is 27.0 Å². The second kappa shape index (κ2) is 6.10. The van der Waals surface area contributed by atoms with Gasteiger partial charge in [-0.15, -0.1) is 0 Å². The maximum absolute atomic E-state index is 13.2. The zero-order chi connectivity index (χ0) is 13.0. The van der Waals surface area contributed by atoms with E-state index in [1.165, 1.54) is 25.0 Å². The Hall–Kier alpha value is -1.21.